The third kappa shape index (κ3) is 4.31. The Balaban J connectivity index is 2.71. The van der Waals surface area contributed by atoms with Gasteiger partial charge in [0.05, 0.1) is 6.61 Å². The molecule has 0 aliphatic carbocycles. The Morgan fingerprint density at radius 2 is 1.87 bits per heavy atom. The van der Waals surface area contributed by atoms with E-state index in [1.54, 1.807) is 25.1 Å². The van der Waals surface area contributed by atoms with Gasteiger partial charge in [0.25, 0.3) is 0 Å². The van der Waals surface area contributed by atoms with E-state index in [1.165, 1.54) is 6.07 Å². The standard InChI is InChI=1S/C8H11O6P/c1-2-12-7-5-3-4-6-8(7)13-14-15(9,10)11/h3-6H,2H2,1H3,(H2,9,10,11). The average Bonchev–Trinajstić information content (AvgIpc) is 2.16. The van der Waals surface area contributed by atoms with Crippen LogP contribution in [0.1, 0.15) is 6.92 Å². The van der Waals surface area contributed by atoms with E-state index in [2.05, 4.69) is 9.56 Å². The van der Waals surface area contributed by atoms with E-state index in [-0.39, 0.29) is 5.75 Å². The zero-order chi connectivity index (χ0) is 11.3. The lowest BCUT2D eigenvalue weighted by molar-refractivity contribution is -0.124. The molecule has 0 amide bonds. The maximum atomic E-state index is 10.4. The first kappa shape index (κ1) is 12.0. The number of para-hydroxylation sites is 2. The molecule has 0 aromatic heterocycles. The molecule has 1 aromatic rings. The molecule has 0 unspecified atom stereocenters. The highest BCUT2D eigenvalue weighted by Crippen LogP contribution is 2.38. The van der Waals surface area contributed by atoms with Crippen molar-refractivity contribution < 1.29 is 28.7 Å². The van der Waals surface area contributed by atoms with E-state index in [0.717, 1.165) is 0 Å². The van der Waals surface area contributed by atoms with Crippen LogP contribution in [0.5, 0.6) is 11.5 Å². The van der Waals surface area contributed by atoms with E-state index >= 15 is 0 Å². The molecule has 2 N–H and O–H groups in total. The zero-order valence-corrected chi connectivity index (χ0v) is 8.89. The molecule has 0 fully saturated rings. The minimum absolute atomic E-state index is 0.114. The molecule has 0 saturated carbocycles. The number of ether oxygens (including phenoxy) is 1. The molecule has 0 radical (unpaired) electrons. The van der Waals surface area contributed by atoms with Gasteiger partial charge in [-0.05, 0) is 19.1 Å². The van der Waals surface area contributed by atoms with E-state index in [4.69, 9.17) is 14.5 Å². The van der Waals surface area contributed by atoms with Crippen molar-refractivity contribution in [3.8, 4) is 11.5 Å². The van der Waals surface area contributed by atoms with E-state index in [0.29, 0.717) is 12.4 Å². The van der Waals surface area contributed by atoms with Gasteiger partial charge in [0.15, 0.2) is 5.75 Å². The summed E-state index contributed by atoms with van der Waals surface area (Å²) in [6, 6.07) is 6.40. The Bertz CT molecular complexity index is 360. The Labute approximate surface area is 86.6 Å². The van der Waals surface area contributed by atoms with Gasteiger partial charge in [-0.1, -0.05) is 16.8 Å². The van der Waals surface area contributed by atoms with Gasteiger partial charge in [-0.25, -0.2) is 4.57 Å². The van der Waals surface area contributed by atoms with Crippen LogP contribution in [0.4, 0.5) is 0 Å². The Kier molecular flexibility index (Phi) is 4.11. The van der Waals surface area contributed by atoms with E-state index < -0.39 is 7.82 Å². The van der Waals surface area contributed by atoms with Crippen LogP contribution in [0, 0.1) is 0 Å². The molecule has 7 heteroatoms. The van der Waals surface area contributed by atoms with Crippen molar-refractivity contribution in [2.45, 2.75) is 6.92 Å². The van der Waals surface area contributed by atoms with Crippen molar-refractivity contribution >= 4 is 7.82 Å². The molecule has 1 aromatic carbocycles. The number of phosphoric acid groups is 1. The highest BCUT2D eigenvalue weighted by Gasteiger charge is 2.17. The first-order valence-corrected chi connectivity index (χ1v) is 5.69. The number of hydrogen-bond acceptors (Lipinski definition) is 4. The average molecular weight is 234 g/mol. The summed E-state index contributed by atoms with van der Waals surface area (Å²) >= 11 is 0. The largest absolute Gasteiger partial charge is 0.505 e. The highest BCUT2D eigenvalue weighted by atomic mass is 31.2. The maximum absolute atomic E-state index is 10.4. The Morgan fingerprint density at radius 1 is 1.27 bits per heavy atom. The summed E-state index contributed by atoms with van der Waals surface area (Å²) < 4.78 is 19.4. The second-order valence-corrected chi connectivity index (χ2v) is 3.66. The number of rotatable bonds is 5. The monoisotopic (exact) mass is 234 g/mol. The fourth-order valence-electron chi connectivity index (χ4n) is 0.882. The van der Waals surface area contributed by atoms with Gasteiger partial charge < -0.3 is 19.4 Å². The van der Waals surface area contributed by atoms with Gasteiger partial charge in [0.1, 0.15) is 0 Å². The molecule has 0 aliphatic rings. The minimum atomic E-state index is -4.65. The summed E-state index contributed by atoms with van der Waals surface area (Å²) in [5, 5.41) is 0. The topological polar surface area (TPSA) is 85.2 Å². The lowest BCUT2D eigenvalue weighted by Gasteiger charge is -2.09. The van der Waals surface area contributed by atoms with E-state index in [9.17, 15) is 4.57 Å². The second kappa shape index (κ2) is 5.14. The van der Waals surface area contributed by atoms with Gasteiger partial charge in [-0.15, -0.1) is 0 Å². The van der Waals surface area contributed by atoms with Crippen molar-refractivity contribution in [3.05, 3.63) is 24.3 Å². The highest BCUT2D eigenvalue weighted by molar-refractivity contribution is 7.46. The number of hydrogen-bond donors (Lipinski definition) is 2. The fraction of sp³-hybridized carbons (Fsp3) is 0.250. The molecule has 15 heavy (non-hydrogen) atoms. The molecular weight excluding hydrogens is 223 g/mol. The summed E-state index contributed by atoms with van der Waals surface area (Å²) in [7, 11) is -4.65. The smallest absolute Gasteiger partial charge is 0.490 e. The first-order chi connectivity index (χ1) is 7.03. The van der Waals surface area contributed by atoms with Crippen LogP contribution < -0.4 is 9.62 Å². The molecule has 0 aliphatic heterocycles. The predicted octanol–water partition coefficient (Wildman–Crippen LogP) is 1.49. The molecule has 84 valence electrons. The van der Waals surface area contributed by atoms with Gasteiger partial charge in [-0.3, -0.25) is 0 Å². The summed E-state index contributed by atoms with van der Waals surface area (Å²) in [6.45, 7) is 2.19. The van der Waals surface area contributed by atoms with Crippen molar-refractivity contribution in [2.75, 3.05) is 6.61 Å². The summed E-state index contributed by atoms with van der Waals surface area (Å²) in [6.07, 6.45) is 0. The maximum Gasteiger partial charge on any atom is 0.505 e. The molecule has 6 nitrogen and oxygen atoms in total. The lowest BCUT2D eigenvalue weighted by atomic mass is 10.3. The SMILES string of the molecule is CCOc1ccccc1OOP(=O)(O)O. The van der Waals surface area contributed by atoms with Crippen LogP contribution >= 0.6 is 7.82 Å². The third-order valence-electron chi connectivity index (χ3n) is 1.37. The molecule has 0 heterocycles. The third-order valence-corrected chi connectivity index (χ3v) is 1.64. The molecule has 0 saturated heterocycles. The van der Waals surface area contributed by atoms with Crippen LogP contribution in [-0.4, -0.2) is 16.4 Å². The summed E-state index contributed by atoms with van der Waals surface area (Å²) in [5.74, 6) is 0.469. The molecule has 1 rings (SSSR count). The molecule has 0 spiro atoms. The lowest BCUT2D eigenvalue weighted by Crippen LogP contribution is -1.98. The molecule has 0 atom stereocenters. The van der Waals surface area contributed by atoms with Crippen molar-refractivity contribution in [1.82, 2.24) is 0 Å². The van der Waals surface area contributed by atoms with E-state index in [1.807, 2.05) is 0 Å². The Hall–Kier alpha value is -1.07. The van der Waals surface area contributed by atoms with Crippen molar-refractivity contribution in [3.63, 3.8) is 0 Å². The van der Waals surface area contributed by atoms with Crippen LogP contribution in [0.25, 0.3) is 0 Å². The van der Waals surface area contributed by atoms with Gasteiger partial charge in [0, 0.05) is 0 Å². The fourth-order valence-corrected chi connectivity index (χ4v) is 1.06. The first-order valence-electron chi connectivity index (χ1n) is 4.16. The van der Waals surface area contributed by atoms with Gasteiger partial charge >= 0.3 is 7.82 Å². The van der Waals surface area contributed by atoms with Crippen molar-refractivity contribution in [2.24, 2.45) is 0 Å². The van der Waals surface area contributed by atoms with Crippen LogP contribution in [0.15, 0.2) is 24.3 Å². The molecule has 0 bridgehead atoms. The van der Waals surface area contributed by atoms with Crippen LogP contribution in [0.3, 0.4) is 0 Å². The number of benzene rings is 1. The van der Waals surface area contributed by atoms with Crippen LogP contribution in [-0.2, 0) is 9.24 Å². The van der Waals surface area contributed by atoms with Gasteiger partial charge in [0.2, 0.25) is 5.75 Å². The van der Waals surface area contributed by atoms with Crippen molar-refractivity contribution in [1.29, 1.82) is 0 Å². The predicted molar refractivity (Wildman–Crippen MR) is 51.4 cm³/mol. The Morgan fingerprint density at radius 3 is 2.40 bits per heavy atom. The molecular formula is C8H11O6P. The van der Waals surface area contributed by atoms with Crippen LogP contribution in [0.2, 0.25) is 0 Å². The second-order valence-electron chi connectivity index (χ2n) is 2.53. The summed E-state index contributed by atoms with van der Waals surface area (Å²) in [5.41, 5.74) is 0. The minimum Gasteiger partial charge on any atom is -0.490 e. The summed E-state index contributed by atoms with van der Waals surface area (Å²) in [4.78, 5) is 21.3. The quantitative estimate of drug-likeness (QED) is 0.456. The normalized spacial score (nSPS) is 11.1. The zero-order valence-electron chi connectivity index (χ0n) is 7.99. The van der Waals surface area contributed by atoms with Gasteiger partial charge in [-0.2, -0.15) is 0 Å².